The van der Waals surface area contributed by atoms with E-state index in [2.05, 4.69) is 20.0 Å². The number of aryl methyl sites for hydroxylation is 1. The quantitative estimate of drug-likeness (QED) is 0.846. The molecule has 1 fully saturated rings. The van der Waals surface area contributed by atoms with Crippen molar-refractivity contribution in [3.05, 3.63) is 24.9 Å². The highest BCUT2D eigenvalue weighted by molar-refractivity contribution is 5.56. The number of nitrogens with zero attached hydrogens (tertiary/aromatic N) is 4. The third kappa shape index (κ3) is 2.30. The summed E-state index contributed by atoms with van der Waals surface area (Å²) in [7, 11) is 1.92. The number of ether oxygens (including phenoxy) is 1. The molecule has 0 bridgehead atoms. The lowest BCUT2D eigenvalue weighted by Crippen LogP contribution is -2.43. The van der Waals surface area contributed by atoms with Gasteiger partial charge in [0.25, 0.3) is 0 Å². The molecule has 0 spiro atoms. The molecule has 18 heavy (non-hydrogen) atoms. The highest BCUT2D eigenvalue weighted by Crippen LogP contribution is 2.18. The van der Waals surface area contributed by atoms with E-state index in [4.69, 9.17) is 4.74 Å². The van der Waals surface area contributed by atoms with Gasteiger partial charge in [-0.1, -0.05) is 0 Å². The van der Waals surface area contributed by atoms with E-state index >= 15 is 0 Å². The van der Waals surface area contributed by atoms with Crippen molar-refractivity contribution in [3.8, 4) is 11.3 Å². The van der Waals surface area contributed by atoms with E-state index in [1.54, 1.807) is 4.68 Å². The van der Waals surface area contributed by atoms with Gasteiger partial charge in [0, 0.05) is 37.9 Å². The monoisotopic (exact) mass is 247 g/mol. The Morgan fingerprint density at radius 2 is 2.44 bits per heavy atom. The predicted octanol–water partition coefficient (Wildman–Crippen LogP) is 0.272. The molecule has 6 nitrogen and oxygen atoms in total. The van der Waals surface area contributed by atoms with Crippen LogP contribution in [-0.2, 0) is 18.3 Å². The van der Waals surface area contributed by atoms with Crippen LogP contribution in [0.2, 0.25) is 0 Å². The molecule has 1 unspecified atom stereocenters. The lowest BCUT2D eigenvalue weighted by atomic mass is 10.2. The lowest BCUT2D eigenvalue weighted by molar-refractivity contribution is 0.0715. The van der Waals surface area contributed by atoms with E-state index < -0.39 is 0 Å². The number of hydrogen-bond donors (Lipinski definition) is 1. The van der Waals surface area contributed by atoms with E-state index in [1.165, 1.54) is 0 Å². The van der Waals surface area contributed by atoms with Crippen molar-refractivity contribution in [2.24, 2.45) is 7.05 Å². The fourth-order valence-corrected chi connectivity index (χ4v) is 2.23. The molecule has 1 aliphatic rings. The van der Waals surface area contributed by atoms with Crippen LogP contribution in [0, 0.1) is 0 Å². The molecule has 2 aromatic heterocycles. The summed E-state index contributed by atoms with van der Waals surface area (Å²) in [4.78, 5) is 4.23. The van der Waals surface area contributed by atoms with Crippen LogP contribution in [0.5, 0.6) is 0 Å². The van der Waals surface area contributed by atoms with E-state index in [1.807, 2.05) is 32.0 Å². The average molecular weight is 247 g/mol. The second-order valence-corrected chi connectivity index (χ2v) is 4.56. The van der Waals surface area contributed by atoms with Gasteiger partial charge in [-0.05, 0) is 0 Å². The van der Waals surface area contributed by atoms with Crippen molar-refractivity contribution in [2.75, 3.05) is 19.8 Å². The normalized spacial score (nSPS) is 20.2. The summed E-state index contributed by atoms with van der Waals surface area (Å²) in [6.07, 6.45) is 7.59. The van der Waals surface area contributed by atoms with Crippen LogP contribution in [0.1, 0.15) is 0 Å². The summed E-state index contributed by atoms with van der Waals surface area (Å²) in [6, 6.07) is 0.350. The van der Waals surface area contributed by atoms with Gasteiger partial charge in [-0.2, -0.15) is 5.10 Å². The van der Waals surface area contributed by atoms with E-state index in [-0.39, 0.29) is 0 Å². The summed E-state index contributed by atoms with van der Waals surface area (Å²) in [5.74, 6) is 0. The largest absolute Gasteiger partial charge is 0.378 e. The standard InChI is InChI=1S/C12H17N5O/c1-16-6-10(4-15-16)12-5-13-9-17(12)7-11-8-18-3-2-14-11/h4-6,9,11,14H,2-3,7-8H2,1H3. The van der Waals surface area contributed by atoms with Gasteiger partial charge >= 0.3 is 0 Å². The first-order valence-electron chi connectivity index (χ1n) is 6.13. The predicted molar refractivity (Wildman–Crippen MR) is 67.0 cm³/mol. The van der Waals surface area contributed by atoms with Crippen molar-refractivity contribution in [3.63, 3.8) is 0 Å². The number of aromatic nitrogens is 4. The lowest BCUT2D eigenvalue weighted by Gasteiger charge is -2.24. The van der Waals surface area contributed by atoms with E-state index in [0.29, 0.717) is 6.04 Å². The van der Waals surface area contributed by atoms with Crippen LogP contribution in [0.15, 0.2) is 24.9 Å². The molecule has 1 aliphatic heterocycles. The topological polar surface area (TPSA) is 56.9 Å². The van der Waals surface area contributed by atoms with Crippen LogP contribution in [0.3, 0.4) is 0 Å². The molecule has 0 aliphatic carbocycles. The molecule has 96 valence electrons. The molecular weight excluding hydrogens is 230 g/mol. The first-order chi connectivity index (χ1) is 8.83. The fourth-order valence-electron chi connectivity index (χ4n) is 2.23. The molecule has 1 N–H and O–H groups in total. The number of hydrogen-bond acceptors (Lipinski definition) is 4. The first kappa shape index (κ1) is 11.4. The molecule has 3 heterocycles. The molecule has 3 rings (SSSR count). The number of morpholine rings is 1. The molecule has 1 saturated heterocycles. The molecule has 0 saturated carbocycles. The van der Waals surface area contributed by atoms with Crippen molar-refractivity contribution in [1.29, 1.82) is 0 Å². The Morgan fingerprint density at radius 3 is 3.17 bits per heavy atom. The number of imidazole rings is 1. The summed E-state index contributed by atoms with van der Waals surface area (Å²) in [5, 5.41) is 7.64. The van der Waals surface area contributed by atoms with E-state index in [0.717, 1.165) is 37.6 Å². The minimum Gasteiger partial charge on any atom is -0.378 e. The molecule has 0 radical (unpaired) electrons. The van der Waals surface area contributed by atoms with Gasteiger partial charge in [0.05, 0.1) is 37.6 Å². The SMILES string of the molecule is Cn1cc(-c2cncn2CC2COCCN2)cn1. The van der Waals surface area contributed by atoms with Crippen molar-refractivity contribution >= 4 is 0 Å². The molecule has 0 aromatic carbocycles. The maximum atomic E-state index is 5.47. The van der Waals surface area contributed by atoms with Gasteiger partial charge in [-0.25, -0.2) is 4.98 Å². The average Bonchev–Trinajstić information content (AvgIpc) is 2.99. The van der Waals surface area contributed by atoms with Gasteiger partial charge in [0.1, 0.15) is 0 Å². The summed E-state index contributed by atoms with van der Waals surface area (Å²) < 4.78 is 9.41. The second-order valence-electron chi connectivity index (χ2n) is 4.56. The minimum absolute atomic E-state index is 0.350. The Bertz CT molecular complexity index is 512. The zero-order chi connectivity index (χ0) is 12.4. The Kier molecular flexibility index (Phi) is 3.12. The zero-order valence-electron chi connectivity index (χ0n) is 10.4. The molecule has 6 heteroatoms. The summed E-state index contributed by atoms with van der Waals surface area (Å²) in [6.45, 7) is 3.34. The van der Waals surface area contributed by atoms with Gasteiger partial charge in [-0.3, -0.25) is 4.68 Å². The van der Waals surface area contributed by atoms with Gasteiger partial charge in [-0.15, -0.1) is 0 Å². The van der Waals surface area contributed by atoms with Crippen molar-refractivity contribution in [1.82, 2.24) is 24.6 Å². The Labute approximate surface area is 106 Å². The van der Waals surface area contributed by atoms with Gasteiger partial charge in [0.2, 0.25) is 0 Å². The Morgan fingerprint density at radius 1 is 1.50 bits per heavy atom. The minimum atomic E-state index is 0.350. The molecule has 0 amide bonds. The zero-order valence-corrected chi connectivity index (χ0v) is 10.4. The third-order valence-electron chi connectivity index (χ3n) is 3.13. The Hall–Kier alpha value is -1.66. The molecule has 1 atom stereocenters. The highest BCUT2D eigenvalue weighted by atomic mass is 16.5. The maximum absolute atomic E-state index is 5.47. The van der Waals surface area contributed by atoms with Gasteiger partial charge in [0.15, 0.2) is 0 Å². The van der Waals surface area contributed by atoms with Crippen LogP contribution < -0.4 is 5.32 Å². The van der Waals surface area contributed by atoms with Crippen LogP contribution in [0.4, 0.5) is 0 Å². The van der Waals surface area contributed by atoms with Crippen molar-refractivity contribution < 1.29 is 4.74 Å². The highest BCUT2D eigenvalue weighted by Gasteiger charge is 2.15. The Balaban J connectivity index is 1.78. The third-order valence-corrected chi connectivity index (χ3v) is 3.13. The number of rotatable bonds is 3. The second kappa shape index (κ2) is 4.91. The fraction of sp³-hybridized carbons (Fsp3) is 0.500. The van der Waals surface area contributed by atoms with Crippen LogP contribution >= 0.6 is 0 Å². The summed E-state index contributed by atoms with van der Waals surface area (Å²) >= 11 is 0. The summed E-state index contributed by atoms with van der Waals surface area (Å²) in [5.41, 5.74) is 2.18. The first-order valence-corrected chi connectivity index (χ1v) is 6.13. The van der Waals surface area contributed by atoms with Crippen LogP contribution in [-0.4, -0.2) is 45.1 Å². The van der Waals surface area contributed by atoms with E-state index in [9.17, 15) is 0 Å². The number of nitrogens with one attached hydrogen (secondary N) is 1. The van der Waals surface area contributed by atoms with Gasteiger partial charge < -0.3 is 14.6 Å². The smallest absolute Gasteiger partial charge is 0.0951 e. The van der Waals surface area contributed by atoms with Crippen LogP contribution in [0.25, 0.3) is 11.3 Å². The molecular formula is C12H17N5O. The maximum Gasteiger partial charge on any atom is 0.0951 e. The van der Waals surface area contributed by atoms with Crippen molar-refractivity contribution in [2.45, 2.75) is 12.6 Å². The molecule has 2 aromatic rings.